The number of ether oxygens (including phenoxy) is 1. The molecule has 40 heavy (non-hydrogen) atoms. The van der Waals surface area contributed by atoms with Crippen LogP contribution in [0.15, 0.2) is 30.3 Å². The van der Waals surface area contributed by atoms with Gasteiger partial charge in [-0.15, -0.1) is 0 Å². The van der Waals surface area contributed by atoms with Gasteiger partial charge < -0.3 is 30.5 Å². The zero-order chi connectivity index (χ0) is 27.6. The minimum atomic E-state index is -4.22. The number of urea groups is 1. The lowest BCUT2D eigenvalue weighted by Gasteiger charge is -2.34. The van der Waals surface area contributed by atoms with Crippen LogP contribution >= 0.6 is 13.5 Å². The second-order valence-electron chi connectivity index (χ2n) is 10.9. The molecule has 2 amide bonds. The third-order valence-electron chi connectivity index (χ3n) is 7.81. The van der Waals surface area contributed by atoms with E-state index in [4.69, 9.17) is 15.5 Å². The summed E-state index contributed by atoms with van der Waals surface area (Å²) in [5, 5.41) is 2.90. The van der Waals surface area contributed by atoms with E-state index in [1.165, 1.54) is 4.90 Å². The minimum absolute atomic E-state index is 0. The van der Waals surface area contributed by atoms with Gasteiger partial charge >= 0.3 is 12.2 Å². The number of likely N-dealkylation sites (tertiary alicyclic amines) is 1. The lowest BCUT2D eigenvalue weighted by Crippen LogP contribution is -2.43. The standard InChI is InChI=1S/C28H37F3N6O2.H2S/c1-19-4-5-23(33-27(38)37-8-6-20(17-37)16-28(29,30)31)15-24(19)21-13-25(35-9-11-39-12-10-35)34-26(14-21)36-7-2-3-22(32)18-36;/h4-5,13-15,20,22H,2-3,6-12,16-18,32H2,1H3,(H,33,38);1H2/t20-,22+;/m0./s1. The van der Waals surface area contributed by atoms with Crippen molar-refractivity contribution in [2.45, 2.75) is 44.8 Å². The van der Waals surface area contributed by atoms with E-state index in [0.717, 1.165) is 67.3 Å². The van der Waals surface area contributed by atoms with Crippen LogP contribution in [0.25, 0.3) is 11.1 Å². The monoisotopic (exact) mass is 580 g/mol. The lowest BCUT2D eigenvalue weighted by atomic mass is 9.99. The molecule has 220 valence electrons. The molecule has 8 nitrogen and oxygen atoms in total. The normalized spacial score (nSPS) is 21.8. The van der Waals surface area contributed by atoms with Crippen molar-refractivity contribution >= 4 is 36.8 Å². The Morgan fingerprint density at radius 3 is 2.48 bits per heavy atom. The highest BCUT2D eigenvalue weighted by atomic mass is 32.1. The average molecular weight is 581 g/mol. The summed E-state index contributed by atoms with van der Waals surface area (Å²) >= 11 is 0. The number of halogens is 3. The van der Waals surface area contributed by atoms with Crippen molar-refractivity contribution in [3.63, 3.8) is 0 Å². The van der Waals surface area contributed by atoms with E-state index >= 15 is 0 Å². The molecule has 5 rings (SSSR count). The highest BCUT2D eigenvalue weighted by Crippen LogP contribution is 2.34. The Bertz CT molecular complexity index is 1180. The number of aryl methyl sites for hydroxylation is 1. The Hall–Kier alpha value is -2.70. The molecule has 0 unspecified atom stereocenters. The predicted octanol–water partition coefficient (Wildman–Crippen LogP) is 4.74. The number of hydrogen-bond donors (Lipinski definition) is 2. The van der Waals surface area contributed by atoms with Gasteiger partial charge in [-0.25, -0.2) is 9.78 Å². The third-order valence-corrected chi connectivity index (χ3v) is 7.81. The summed E-state index contributed by atoms with van der Waals surface area (Å²) in [4.78, 5) is 23.8. The van der Waals surface area contributed by atoms with Crippen LogP contribution in [0.3, 0.4) is 0 Å². The summed E-state index contributed by atoms with van der Waals surface area (Å²) in [6, 6.07) is 9.61. The van der Waals surface area contributed by atoms with Crippen LogP contribution in [0.5, 0.6) is 0 Å². The summed E-state index contributed by atoms with van der Waals surface area (Å²) in [5.41, 5.74) is 9.87. The second kappa shape index (κ2) is 12.9. The van der Waals surface area contributed by atoms with E-state index in [0.29, 0.717) is 31.9 Å². The van der Waals surface area contributed by atoms with Crippen molar-refractivity contribution in [3.05, 3.63) is 35.9 Å². The van der Waals surface area contributed by atoms with Crippen molar-refractivity contribution in [1.29, 1.82) is 0 Å². The van der Waals surface area contributed by atoms with Crippen LogP contribution in [0, 0.1) is 12.8 Å². The molecular formula is C28H39F3N6O2S. The highest BCUT2D eigenvalue weighted by Gasteiger charge is 2.36. The number of piperidine rings is 1. The van der Waals surface area contributed by atoms with Gasteiger partial charge in [-0.3, -0.25) is 0 Å². The van der Waals surface area contributed by atoms with Crippen molar-refractivity contribution in [3.8, 4) is 11.1 Å². The van der Waals surface area contributed by atoms with E-state index < -0.39 is 18.5 Å². The predicted molar refractivity (Wildman–Crippen MR) is 157 cm³/mol. The molecule has 1 aromatic heterocycles. The molecule has 0 radical (unpaired) electrons. The number of anilines is 3. The topological polar surface area (TPSA) is 87.0 Å². The molecule has 3 N–H and O–H groups in total. The first-order chi connectivity index (χ1) is 18.6. The Kier molecular flexibility index (Phi) is 9.73. The molecule has 0 saturated carbocycles. The number of nitrogens with one attached hydrogen (secondary N) is 1. The fourth-order valence-electron chi connectivity index (χ4n) is 5.72. The number of carbonyl (C=O) groups is 1. The molecule has 12 heteroatoms. The van der Waals surface area contributed by atoms with Crippen LogP contribution in [0.2, 0.25) is 0 Å². The van der Waals surface area contributed by atoms with E-state index in [1.807, 2.05) is 25.1 Å². The van der Waals surface area contributed by atoms with Gasteiger partial charge in [0.25, 0.3) is 0 Å². The van der Waals surface area contributed by atoms with E-state index in [1.54, 1.807) is 0 Å². The van der Waals surface area contributed by atoms with Gasteiger partial charge in [0.2, 0.25) is 0 Å². The minimum Gasteiger partial charge on any atom is -0.378 e. The largest absolute Gasteiger partial charge is 0.389 e. The van der Waals surface area contributed by atoms with Gasteiger partial charge in [-0.2, -0.15) is 26.7 Å². The van der Waals surface area contributed by atoms with Crippen LogP contribution in [0.1, 0.15) is 31.2 Å². The number of carbonyl (C=O) groups excluding carboxylic acids is 1. The van der Waals surface area contributed by atoms with Gasteiger partial charge in [-0.1, -0.05) is 6.07 Å². The Balaban J connectivity index is 0.00000370. The molecule has 0 spiro atoms. The molecule has 0 bridgehead atoms. The van der Waals surface area contributed by atoms with Crippen LogP contribution in [0.4, 0.5) is 35.3 Å². The molecule has 3 fully saturated rings. The molecule has 2 atom stereocenters. The Morgan fingerprint density at radius 2 is 1.77 bits per heavy atom. The van der Waals surface area contributed by atoms with E-state index in [9.17, 15) is 18.0 Å². The van der Waals surface area contributed by atoms with Crippen molar-refractivity contribution < 1.29 is 22.7 Å². The first kappa shape index (κ1) is 30.3. The smallest absolute Gasteiger partial charge is 0.378 e. The first-order valence-electron chi connectivity index (χ1n) is 13.7. The van der Waals surface area contributed by atoms with Crippen molar-refractivity contribution in [1.82, 2.24) is 9.88 Å². The number of rotatable bonds is 5. The van der Waals surface area contributed by atoms with Crippen LogP contribution in [-0.4, -0.2) is 80.6 Å². The number of morpholine rings is 1. The first-order valence-corrected chi connectivity index (χ1v) is 13.7. The SMILES string of the molecule is Cc1ccc(NC(=O)N2CC[C@@H](CC(F)(F)F)C2)cc1-c1cc(N2CCOCC2)nc(N2CCC[C@@H](N)C2)c1.S. The average Bonchev–Trinajstić information content (AvgIpc) is 3.37. The molecule has 0 aliphatic carbocycles. The summed E-state index contributed by atoms with van der Waals surface area (Å²) < 4.78 is 43.9. The fourth-order valence-corrected chi connectivity index (χ4v) is 5.72. The van der Waals surface area contributed by atoms with Gasteiger partial charge in [0.05, 0.1) is 13.2 Å². The maximum atomic E-state index is 12.9. The molecule has 3 aliphatic heterocycles. The van der Waals surface area contributed by atoms with E-state index in [2.05, 4.69) is 27.2 Å². The molecule has 2 aromatic rings. The van der Waals surface area contributed by atoms with Gasteiger partial charge in [-0.05, 0) is 73.1 Å². The Labute approximate surface area is 240 Å². The summed E-state index contributed by atoms with van der Waals surface area (Å²) in [5.74, 6) is 1.21. The van der Waals surface area contributed by atoms with Crippen LogP contribution < -0.4 is 20.9 Å². The van der Waals surface area contributed by atoms with Gasteiger partial charge in [0, 0.05) is 57.4 Å². The molecule has 3 saturated heterocycles. The highest BCUT2D eigenvalue weighted by molar-refractivity contribution is 7.59. The van der Waals surface area contributed by atoms with Crippen LogP contribution in [-0.2, 0) is 4.74 Å². The molecule has 4 heterocycles. The zero-order valence-electron chi connectivity index (χ0n) is 22.8. The summed E-state index contributed by atoms with van der Waals surface area (Å²) in [7, 11) is 0. The van der Waals surface area contributed by atoms with Gasteiger partial charge in [0.15, 0.2) is 0 Å². The van der Waals surface area contributed by atoms with Crippen molar-refractivity contribution in [2.24, 2.45) is 11.7 Å². The quantitative estimate of drug-likeness (QED) is 0.532. The number of hydrogen-bond acceptors (Lipinski definition) is 6. The molecular weight excluding hydrogens is 541 g/mol. The number of amides is 2. The number of alkyl halides is 3. The summed E-state index contributed by atoms with van der Waals surface area (Å²) in [6.45, 7) is 6.91. The summed E-state index contributed by atoms with van der Waals surface area (Å²) in [6.07, 6.45) is -2.70. The van der Waals surface area contributed by atoms with E-state index in [-0.39, 0.29) is 32.1 Å². The second-order valence-corrected chi connectivity index (χ2v) is 10.9. The maximum Gasteiger partial charge on any atom is 0.389 e. The maximum absolute atomic E-state index is 12.9. The number of nitrogens with zero attached hydrogens (tertiary/aromatic N) is 4. The third kappa shape index (κ3) is 7.52. The number of pyridine rings is 1. The number of aromatic nitrogens is 1. The lowest BCUT2D eigenvalue weighted by molar-refractivity contribution is -0.143. The molecule has 1 aromatic carbocycles. The molecule has 3 aliphatic rings. The number of benzene rings is 1. The van der Waals surface area contributed by atoms with Crippen molar-refractivity contribution in [2.75, 3.05) is 67.6 Å². The Morgan fingerprint density at radius 1 is 1.05 bits per heavy atom. The zero-order valence-corrected chi connectivity index (χ0v) is 23.8. The number of nitrogens with two attached hydrogens (primary N) is 1. The fraction of sp³-hybridized carbons (Fsp3) is 0.571. The van der Waals surface area contributed by atoms with Gasteiger partial charge in [0.1, 0.15) is 11.6 Å².